The third-order valence-corrected chi connectivity index (χ3v) is 6.10. The maximum absolute atomic E-state index is 12.6. The normalized spacial score (nSPS) is 20.3. The van der Waals surface area contributed by atoms with E-state index in [4.69, 9.17) is 0 Å². The molecular weight excluding hydrogens is 296 g/mol. The lowest BCUT2D eigenvalue weighted by Crippen LogP contribution is -2.50. The fraction of sp³-hybridized carbons (Fsp3) is 0.667. The van der Waals surface area contributed by atoms with Crippen LogP contribution < -0.4 is 5.32 Å². The van der Waals surface area contributed by atoms with Crippen molar-refractivity contribution in [2.24, 2.45) is 0 Å². The van der Waals surface area contributed by atoms with Gasteiger partial charge in [0.05, 0.1) is 6.54 Å². The number of amides is 1. The Hall–Kier alpha value is -1.35. The minimum Gasteiger partial charge on any atom is -0.354 e. The standard InChI is InChI=1S/C21H32N2O/c1-17(2)23(19-11-6-7-12-19)15-20(24)22-16-21(13-8-14-21)18-9-4-3-5-10-18/h3-5,9-10,17,19H,6-8,11-16H2,1-2H3,(H,22,24). The van der Waals surface area contributed by atoms with Gasteiger partial charge in [-0.2, -0.15) is 0 Å². The van der Waals surface area contributed by atoms with Crippen molar-refractivity contribution in [2.75, 3.05) is 13.1 Å². The van der Waals surface area contributed by atoms with Crippen molar-refractivity contribution >= 4 is 5.91 Å². The van der Waals surface area contributed by atoms with Gasteiger partial charge in [-0.3, -0.25) is 9.69 Å². The van der Waals surface area contributed by atoms with Gasteiger partial charge < -0.3 is 5.32 Å². The number of hydrogen-bond acceptors (Lipinski definition) is 2. The lowest BCUT2D eigenvalue weighted by Gasteiger charge is -2.43. The molecule has 3 rings (SSSR count). The summed E-state index contributed by atoms with van der Waals surface area (Å²) < 4.78 is 0. The lowest BCUT2D eigenvalue weighted by molar-refractivity contribution is -0.123. The Morgan fingerprint density at radius 1 is 1.17 bits per heavy atom. The first-order valence-corrected chi connectivity index (χ1v) is 9.69. The van der Waals surface area contributed by atoms with Crippen molar-refractivity contribution in [3.8, 4) is 0 Å². The van der Waals surface area contributed by atoms with E-state index in [1.54, 1.807) is 0 Å². The number of nitrogens with zero attached hydrogens (tertiary/aromatic N) is 1. The Labute approximate surface area is 146 Å². The summed E-state index contributed by atoms with van der Waals surface area (Å²) in [4.78, 5) is 15.0. The molecule has 0 heterocycles. The van der Waals surface area contributed by atoms with Crippen LogP contribution in [0.2, 0.25) is 0 Å². The molecule has 3 nitrogen and oxygen atoms in total. The molecule has 0 radical (unpaired) electrons. The van der Waals surface area contributed by atoms with Gasteiger partial charge in [0.2, 0.25) is 5.91 Å². The van der Waals surface area contributed by atoms with E-state index in [9.17, 15) is 4.79 Å². The van der Waals surface area contributed by atoms with Gasteiger partial charge in [-0.05, 0) is 45.1 Å². The van der Waals surface area contributed by atoms with Crippen LogP contribution in [0.1, 0.15) is 64.4 Å². The number of hydrogen-bond donors (Lipinski definition) is 1. The molecule has 2 aliphatic carbocycles. The Morgan fingerprint density at radius 2 is 1.83 bits per heavy atom. The monoisotopic (exact) mass is 328 g/mol. The zero-order chi connectivity index (χ0) is 17.0. The van der Waals surface area contributed by atoms with Crippen LogP contribution in [0.4, 0.5) is 0 Å². The van der Waals surface area contributed by atoms with Gasteiger partial charge in [0.15, 0.2) is 0 Å². The molecule has 0 unspecified atom stereocenters. The third-order valence-electron chi connectivity index (χ3n) is 6.10. The molecule has 1 aromatic carbocycles. The molecule has 0 aromatic heterocycles. The van der Waals surface area contributed by atoms with Crippen LogP contribution in [0, 0.1) is 0 Å². The molecular formula is C21H32N2O. The van der Waals surface area contributed by atoms with Gasteiger partial charge in [0, 0.05) is 24.0 Å². The van der Waals surface area contributed by atoms with Crippen molar-refractivity contribution in [1.82, 2.24) is 10.2 Å². The highest BCUT2D eigenvalue weighted by molar-refractivity contribution is 5.78. The molecule has 0 atom stereocenters. The SMILES string of the molecule is CC(C)N(CC(=O)NCC1(c2ccccc2)CCC1)C1CCCC1. The highest BCUT2D eigenvalue weighted by atomic mass is 16.2. The van der Waals surface area contributed by atoms with E-state index < -0.39 is 0 Å². The van der Waals surface area contributed by atoms with E-state index >= 15 is 0 Å². The second-order valence-electron chi connectivity index (χ2n) is 7.98. The molecule has 132 valence electrons. The van der Waals surface area contributed by atoms with Crippen molar-refractivity contribution in [2.45, 2.75) is 76.3 Å². The number of carbonyl (C=O) groups excluding carboxylic acids is 1. The van der Waals surface area contributed by atoms with Crippen LogP contribution >= 0.6 is 0 Å². The Morgan fingerprint density at radius 3 is 2.38 bits per heavy atom. The molecule has 3 heteroatoms. The third kappa shape index (κ3) is 3.83. The molecule has 1 N–H and O–H groups in total. The van der Waals surface area contributed by atoms with E-state index in [1.165, 1.54) is 50.5 Å². The zero-order valence-electron chi connectivity index (χ0n) is 15.3. The molecule has 0 bridgehead atoms. The van der Waals surface area contributed by atoms with Crippen LogP contribution in [-0.4, -0.2) is 36.0 Å². The molecule has 0 aliphatic heterocycles. The van der Waals surface area contributed by atoms with Crippen LogP contribution in [-0.2, 0) is 10.2 Å². The molecule has 0 spiro atoms. The summed E-state index contributed by atoms with van der Waals surface area (Å²) in [7, 11) is 0. The quantitative estimate of drug-likeness (QED) is 0.824. The molecule has 2 saturated carbocycles. The van der Waals surface area contributed by atoms with Crippen molar-refractivity contribution < 1.29 is 4.79 Å². The van der Waals surface area contributed by atoms with E-state index in [2.05, 4.69) is 54.4 Å². The van der Waals surface area contributed by atoms with Gasteiger partial charge >= 0.3 is 0 Å². The van der Waals surface area contributed by atoms with E-state index in [0.717, 1.165) is 6.54 Å². The van der Waals surface area contributed by atoms with E-state index in [1.807, 2.05) is 0 Å². The second-order valence-corrected chi connectivity index (χ2v) is 7.98. The topological polar surface area (TPSA) is 32.3 Å². The van der Waals surface area contributed by atoms with Crippen LogP contribution in [0.5, 0.6) is 0 Å². The molecule has 24 heavy (non-hydrogen) atoms. The summed E-state index contributed by atoms with van der Waals surface area (Å²) in [6.45, 7) is 5.76. The molecule has 2 aliphatic rings. The Balaban J connectivity index is 1.56. The first-order valence-electron chi connectivity index (χ1n) is 9.69. The first kappa shape index (κ1) is 17.5. The summed E-state index contributed by atoms with van der Waals surface area (Å²) in [5.74, 6) is 0.192. The highest BCUT2D eigenvalue weighted by Gasteiger charge is 2.38. The number of benzene rings is 1. The number of nitrogens with one attached hydrogen (secondary N) is 1. The minimum absolute atomic E-state index is 0.174. The molecule has 1 amide bonds. The van der Waals surface area contributed by atoms with Crippen LogP contribution in [0.15, 0.2) is 30.3 Å². The van der Waals surface area contributed by atoms with Crippen molar-refractivity contribution in [3.63, 3.8) is 0 Å². The fourth-order valence-electron chi connectivity index (χ4n) is 4.42. The van der Waals surface area contributed by atoms with Crippen LogP contribution in [0.25, 0.3) is 0 Å². The summed E-state index contributed by atoms with van der Waals surface area (Å²) >= 11 is 0. The Bertz CT molecular complexity index is 530. The average Bonchev–Trinajstić information content (AvgIpc) is 3.06. The van der Waals surface area contributed by atoms with Gasteiger partial charge in [-0.15, -0.1) is 0 Å². The van der Waals surface area contributed by atoms with Crippen molar-refractivity contribution in [3.05, 3.63) is 35.9 Å². The van der Waals surface area contributed by atoms with Gasteiger partial charge in [-0.1, -0.05) is 49.6 Å². The van der Waals surface area contributed by atoms with E-state index in [0.29, 0.717) is 18.6 Å². The summed E-state index contributed by atoms with van der Waals surface area (Å²) in [6, 6.07) is 11.7. The molecule has 2 fully saturated rings. The summed E-state index contributed by atoms with van der Waals surface area (Å²) in [5.41, 5.74) is 1.56. The predicted octanol–water partition coefficient (Wildman–Crippen LogP) is 3.88. The van der Waals surface area contributed by atoms with Gasteiger partial charge in [-0.25, -0.2) is 0 Å². The largest absolute Gasteiger partial charge is 0.354 e. The lowest BCUT2D eigenvalue weighted by atomic mass is 9.64. The smallest absolute Gasteiger partial charge is 0.234 e. The van der Waals surface area contributed by atoms with E-state index in [-0.39, 0.29) is 11.3 Å². The fourth-order valence-corrected chi connectivity index (χ4v) is 4.42. The van der Waals surface area contributed by atoms with Crippen LogP contribution in [0.3, 0.4) is 0 Å². The summed E-state index contributed by atoms with van der Waals surface area (Å²) in [5, 5.41) is 3.25. The van der Waals surface area contributed by atoms with Gasteiger partial charge in [0.25, 0.3) is 0 Å². The number of rotatable bonds is 7. The predicted molar refractivity (Wildman–Crippen MR) is 99.1 cm³/mol. The van der Waals surface area contributed by atoms with Gasteiger partial charge in [0.1, 0.15) is 0 Å². The zero-order valence-corrected chi connectivity index (χ0v) is 15.3. The summed E-state index contributed by atoms with van der Waals surface area (Å²) in [6.07, 6.45) is 8.77. The minimum atomic E-state index is 0.174. The number of carbonyl (C=O) groups is 1. The first-order chi connectivity index (χ1) is 11.6. The molecule has 1 aromatic rings. The maximum Gasteiger partial charge on any atom is 0.234 e. The Kier molecular flexibility index (Phi) is 5.60. The maximum atomic E-state index is 12.6. The second kappa shape index (κ2) is 7.69. The average molecular weight is 329 g/mol. The molecule has 0 saturated heterocycles. The highest BCUT2D eigenvalue weighted by Crippen LogP contribution is 2.43. The van der Waals surface area contributed by atoms with Crippen molar-refractivity contribution in [1.29, 1.82) is 0 Å².